The van der Waals surface area contributed by atoms with Gasteiger partial charge in [0.05, 0.1) is 11.1 Å². The van der Waals surface area contributed by atoms with E-state index in [-0.39, 0.29) is 5.56 Å². The van der Waals surface area contributed by atoms with Crippen LogP contribution >= 0.6 is 11.3 Å². The number of hydrogen-bond acceptors (Lipinski definition) is 6. The molecule has 0 saturated carbocycles. The summed E-state index contributed by atoms with van der Waals surface area (Å²) in [7, 11) is 3.99. The quantitative estimate of drug-likeness (QED) is 0.721. The van der Waals surface area contributed by atoms with E-state index in [4.69, 9.17) is 0 Å². The molecule has 0 bridgehead atoms. The van der Waals surface area contributed by atoms with Gasteiger partial charge in [-0.25, -0.2) is 14.6 Å². The Labute approximate surface area is 138 Å². The Balaban J connectivity index is 1.96. The summed E-state index contributed by atoms with van der Waals surface area (Å²) in [4.78, 5) is 24.9. The van der Waals surface area contributed by atoms with E-state index in [1.165, 1.54) is 17.8 Å². The summed E-state index contributed by atoms with van der Waals surface area (Å²) in [5, 5.41) is 3.07. The predicted molar refractivity (Wildman–Crippen MR) is 95.3 cm³/mol. The van der Waals surface area contributed by atoms with Crippen molar-refractivity contribution in [3.63, 3.8) is 0 Å². The summed E-state index contributed by atoms with van der Waals surface area (Å²) < 4.78 is 2.38. The van der Waals surface area contributed by atoms with E-state index in [0.29, 0.717) is 4.70 Å². The highest BCUT2D eigenvalue weighted by atomic mass is 32.1. The van der Waals surface area contributed by atoms with Crippen LogP contribution in [0.3, 0.4) is 0 Å². The second-order valence-electron chi connectivity index (χ2n) is 6.09. The van der Waals surface area contributed by atoms with Crippen LogP contribution in [0.25, 0.3) is 20.4 Å². The van der Waals surface area contributed by atoms with Crippen molar-refractivity contribution in [1.29, 1.82) is 0 Å². The second kappa shape index (κ2) is 5.49. The van der Waals surface area contributed by atoms with Crippen LogP contribution in [0.1, 0.15) is 19.3 Å². The average Bonchev–Trinajstić information content (AvgIpc) is 2.95. The van der Waals surface area contributed by atoms with Crippen LogP contribution in [-0.2, 0) is 0 Å². The third-order valence-electron chi connectivity index (χ3n) is 4.36. The monoisotopic (exact) mass is 329 g/mol. The van der Waals surface area contributed by atoms with Gasteiger partial charge in [-0.2, -0.15) is 0 Å². The van der Waals surface area contributed by atoms with Gasteiger partial charge >= 0.3 is 0 Å². The summed E-state index contributed by atoms with van der Waals surface area (Å²) >= 11 is 1.44. The van der Waals surface area contributed by atoms with Gasteiger partial charge in [0.2, 0.25) is 0 Å². The fourth-order valence-electron chi connectivity index (χ4n) is 3.20. The molecule has 6 nitrogen and oxygen atoms in total. The Bertz CT molecular complexity index is 923. The summed E-state index contributed by atoms with van der Waals surface area (Å²) in [5.41, 5.74) is 1.83. The van der Waals surface area contributed by atoms with Gasteiger partial charge in [0.25, 0.3) is 5.56 Å². The molecule has 4 rings (SSSR count). The fraction of sp³-hybridized carbons (Fsp3) is 0.438. The van der Waals surface area contributed by atoms with Crippen molar-refractivity contribution in [3.05, 3.63) is 28.9 Å². The van der Waals surface area contributed by atoms with Crippen molar-refractivity contribution in [1.82, 2.24) is 14.6 Å². The van der Waals surface area contributed by atoms with E-state index in [9.17, 15) is 4.79 Å². The molecule has 0 atom stereocenters. The first kappa shape index (κ1) is 14.4. The summed E-state index contributed by atoms with van der Waals surface area (Å²) in [6, 6.07) is 1.96. The van der Waals surface area contributed by atoms with Crippen LogP contribution < -0.4 is 15.5 Å². The number of fused-ring (bicyclic) bond motifs is 3. The summed E-state index contributed by atoms with van der Waals surface area (Å²) in [5.74, 6) is 0. The SMILES string of the molecule is CN(C)c1ccnc2sc3c(=O)n(N4CCCCC4)cnc3c12. The van der Waals surface area contributed by atoms with Crippen molar-refractivity contribution < 1.29 is 0 Å². The molecule has 0 radical (unpaired) electrons. The molecule has 1 aliphatic rings. The first-order chi connectivity index (χ1) is 11.2. The van der Waals surface area contributed by atoms with Crippen LogP contribution in [0.4, 0.5) is 5.69 Å². The zero-order chi connectivity index (χ0) is 16.0. The number of aromatic nitrogens is 3. The molecule has 1 fully saturated rings. The van der Waals surface area contributed by atoms with Crippen LogP contribution in [0.5, 0.6) is 0 Å². The van der Waals surface area contributed by atoms with E-state index in [1.807, 2.05) is 25.1 Å². The van der Waals surface area contributed by atoms with E-state index in [2.05, 4.69) is 15.0 Å². The Morgan fingerprint density at radius 1 is 1.17 bits per heavy atom. The zero-order valence-corrected chi connectivity index (χ0v) is 14.1. The smallest absolute Gasteiger partial charge is 0.290 e. The molecule has 23 heavy (non-hydrogen) atoms. The molecule has 0 unspecified atom stereocenters. The largest absolute Gasteiger partial charge is 0.377 e. The molecule has 3 aromatic rings. The number of thiophene rings is 1. The van der Waals surface area contributed by atoms with E-state index < -0.39 is 0 Å². The third kappa shape index (κ3) is 2.26. The molecule has 3 aromatic heterocycles. The lowest BCUT2D eigenvalue weighted by atomic mass is 10.2. The van der Waals surface area contributed by atoms with Crippen molar-refractivity contribution >= 4 is 37.5 Å². The number of hydrogen-bond donors (Lipinski definition) is 0. The maximum atomic E-state index is 12.9. The Morgan fingerprint density at radius 3 is 2.70 bits per heavy atom. The van der Waals surface area contributed by atoms with Crippen LogP contribution in [0.15, 0.2) is 23.4 Å². The number of nitrogens with zero attached hydrogens (tertiary/aromatic N) is 5. The van der Waals surface area contributed by atoms with Gasteiger partial charge in [-0.1, -0.05) is 0 Å². The fourth-order valence-corrected chi connectivity index (χ4v) is 4.24. The van der Waals surface area contributed by atoms with Gasteiger partial charge < -0.3 is 9.91 Å². The molecule has 120 valence electrons. The predicted octanol–water partition coefficient (Wildman–Crippen LogP) is 2.19. The van der Waals surface area contributed by atoms with Crippen LogP contribution in [0.2, 0.25) is 0 Å². The van der Waals surface area contributed by atoms with Gasteiger partial charge in [-0.15, -0.1) is 11.3 Å². The van der Waals surface area contributed by atoms with E-state index in [0.717, 1.165) is 47.4 Å². The molecule has 1 saturated heterocycles. The van der Waals surface area contributed by atoms with Gasteiger partial charge in [0.1, 0.15) is 21.4 Å². The maximum absolute atomic E-state index is 12.9. The topological polar surface area (TPSA) is 54.3 Å². The highest BCUT2D eigenvalue weighted by molar-refractivity contribution is 7.25. The van der Waals surface area contributed by atoms with Gasteiger partial charge in [0.15, 0.2) is 0 Å². The van der Waals surface area contributed by atoms with Crippen molar-refractivity contribution in [2.45, 2.75) is 19.3 Å². The van der Waals surface area contributed by atoms with Gasteiger partial charge in [-0.3, -0.25) is 4.79 Å². The lowest BCUT2D eigenvalue weighted by Gasteiger charge is -2.29. The third-order valence-corrected chi connectivity index (χ3v) is 5.44. The van der Waals surface area contributed by atoms with E-state index in [1.54, 1.807) is 17.2 Å². The molecule has 4 heterocycles. The molecule has 0 spiro atoms. The maximum Gasteiger partial charge on any atom is 0.290 e. The lowest BCUT2D eigenvalue weighted by Crippen LogP contribution is -2.45. The Hall–Kier alpha value is -2.15. The van der Waals surface area contributed by atoms with Crippen molar-refractivity contribution in [3.8, 4) is 0 Å². The molecular formula is C16H19N5OS. The number of rotatable bonds is 2. The highest BCUT2D eigenvalue weighted by Gasteiger charge is 2.19. The van der Waals surface area contributed by atoms with Gasteiger partial charge in [-0.05, 0) is 25.3 Å². The lowest BCUT2D eigenvalue weighted by molar-refractivity contribution is 0.468. The summed E-state index contributed by atoms with van der Waals surface area (Å²) in [6.45, 7) is 1.83. The van der Waals surface area contributed by atoms with Crippen LogP contribution in [-0.4, -0.2) is 41.8 Å². The molecule has 1 aliphatic heterocycles. The molecule has 0 aromatic carbocycles. The van der Waals surface area contributed by atoms with Crippen molar-refractivity contribution in [2.75, 3.05) is 37.1 Å². The van der Waals surface area contributed by atoms with Crippen LogP contribution in [0, 0.1) is 0 Å². The minimum atomic E-state index is 0.0182. The first-order valence-corrected chi connectivity index (χ1v) is 8.70. The minimum Gasteiger partial charge on any atom is -0.377 e. The van der Waals surface area contributed by atoms with Crippen molar-refractivity contribution in [2.24, 2.45) is 0 Å². The zero-order valence-electron chi connectivity index (χ0n) is 13.3. The molecular weight excluding hydrogens is 310 g/mol. The molecule has 7 heteroatoms. The molecule has 0 amide bonds. The Morgan fingerprint density at radius 2 is 1.96 bits per heavy atom. The second-order valence-corrected chi connectivity index (χ2v) is 7.09. The highest BCUT2D eigenvalue weighted by Crippen LogP contribution is 2.34. The Kier molecular flexibility index (Phi) is 3.45. The number of pyridine rings is 1. The normalized spacial score (nSPS) is 15.5. The van der Waals surface area contributed by atoms with E-state index >= 15 is 0 Å². The number of piperidine rings is 1. The minimum absolute atomic E-state index is 0.0182. The summed E-state index contributed by atoms with van der Waals surface area (Å²) in [6.07, 6.45) is 6.96. The molecule has 0 N–H and O–H groups in total. The first-order valence-electron chi connectivity index (χ1n) is 7.88. The van der Waals surface area contributed by atoms with Gasteiger partial charge in [0, 0.05) is 33.4 Å². The molecule has 0 aliphatic carbocycles. The average molecular weight is 329 g/mol. The standard InChI is InChI=1S/C16H19N5OS/c1-19(2)11-6-7-17-15-12(11)13-14(23-15)16(22)21(10-18-13)20-8-4-3-5-9-20/h6-7,10H,3-5,8-9H2,1-2H3. The number of anilines is 1.